The Morgan fingerprint density at radius 1 is 1.26 bits per heavy atom. The maximum atomic E-state index is 12.7. The van der Waals surface area contributed by atoms with Gasteiger partial charge < -0.3 is 29.6 Å². The molecule has 2 saturated heterocycles. The summed E-state index contributed by atoms with van der Waals surface area (Å²) in [5.74, 6) is -1.34. The first-order chi connectivity index (χ1) is 14.7. The lowest BCUT2D eigenvalue weighted by Crippen LogP contribution is -2.40. The number of amides is 1. The van der Waals surface area contributed by atoms with Crippen molar-refractivity contribution in [1.29, 1.82) is 0 Å². The summed E-state index contributed by atoms with van der Waals surface area (Å²) in [6.07, 6.45) is 4.09. The van der Waals surface area contributed by atoms with Crippen LogP contribution < -0.4 is 5.73 Å². The summed E-state index contributed by atoms with van der Waals surface area (Å²) in [7, 11) is -0.943. The lowest BCUT2D eigenvalue weighted by Gasteiger charge is -2.31. The first-order valence-electron chi connectivity index (χ1n) is 10.1. The summed E-state index contributed by atoms with van der Waals surface area (Å²) >= 11 is 0. The van der Waals surface area contributed by atoms with Gasteiger partial charge >= 0.3 is 7.82 Å². The van der Waals surface area contributed by atoms with Gasteiger partial charge in [0.15, 0.2) is 12.0 Å². The number of fused-ring (bicyclic) bond motifs is 1. The van der Waals surface area contributed by atoms with Crippen molar-refractivity contribution < 1.29 is 41.9 Å². The van der Waals surface area contributed by atoms with Crippen molar-refractivity contribution in [3.63, 3.8) is 0 Å². The quantitative estimate of drug-likeness (QED) is 0.357. The summed E-state index contributed by atoms with van der Waals surface area (Å²) in [6, 6.07) is 0. The van der Waals surface area contributed by atoms with Gasteiger partial charge in [0.25, 0.3) is 0 Å². The molecule has 0 bridgehead atoms. The van der Waals surface area contributed by atoms with Gasteiger partial charge in [-0.3, -0.25) is 18.4 Å². The predicted octanol–water partition coefficient (Wildman–Crippen LogP) is 1.64. The Labute approximate surface area is 182 Å². The number of allylic oxidation sites excluding steroid dienone is 1. The molecule has 3 heterocycles. The number of nitrogens with zero attached hydrogens (tertiary/aromatic N) is 1. The number of nitrogens with two attached hydrogens (primary N) is 1. The second kappa shape index (κ2) is 10.1. The minimum atomic E-state index is -3.77. The van der Waals surface area contributed by atoms with Gasteiger partial charge in [0.1, 0.15) is 18.3 Å². The third-order valence-electron chi connectivity index (χ3n) is 5.02. The fraction of sp³-hybridized carbons (Fsp3) is 0.737. The van der Waals surface area contributed by atoms with E-state index in [2.05, 4.69) is 0 Å². The highest BCUT2D eigenvalue weighted by Gasteiger charge is 2.57. The topological polar surface area (TPSA) is 128 Å². The standard InChI is InChI=1S/C19H31N2O9P/c1-19(2)29-15-14(12-27-31(23,25-4)26-10-6-9-24-3)28-18(16(15)30-19)21-8-5-7-13(11-21)17(20)22/h5,8,11,14-16,18H,6-7,9-10,12H2,1-4H3,(H2,20,22). The number of phosphoric acid groups is 1. The monoisotopic (exact) mass is 462 g/mol. The summed E-state index contributed by atoms with van der Waals surface area (Å²) in [6.45, 7) is 4.12. The van der Waals surface area contributed by atoms with Gasteiger partial charge in [-0.1, -0.05) is 6.08 Å². The molecule has 5 unspecified atom stereocenters. The molecule has 3 aliphatic rings. The zero-order valence-electron chi connectivity index (χ0n) is 18.2. The van der Waals surface area contributed by atoms with Crippen LogP contribution in [0.4, 0.5) is 0 Å². The Kier molecular flexibility index (Phi) is 7.93. The minimum absolute atomic E-state index is 0.101. The molecule has 0 aromatic heterocycles. The van der Waals surface area contributed by atoms with Crippen molar-refractivity contribution in [2.75, 3.05) is 34.0 Å². The van der Waals surface area contributed by atoms with Crippen LogP contribution in [-0.4, -0.2) is 75.2 Å². The highest BCUT2D eigenvalue weighted by Crippen LogP contribution is 2.50. The SMILES string of the molecule is COCCCOP(=O)(OC)OCC1OC(N2C=CCC(C(N)=O)=C2)C2OC(C)(C)OC12. The van der Waals surface area contributed by atoms with E-state index in [1.807, 2.05) is 6.08 Å². The lowest BCUT2D eigenvalue weighted by atomic mass is 10.1. The molecule has 0 aromatic rings. The normalized spacial score (nSPS) is 31.4. The molecule has 0 aromatic carbocycles. The van der Waals surface area contributed by atoms with E-state index in [-0.39, 0.29) is 13.2 Å². The van der Waals surface area contributed by atoms with Crippen LogP contribution in [0.1, 0.15) is 26.7 Å². The summed E-state index contributed by atoms with van der Waals surface area (Å²) in [4.78, 5) is 13.3. The lowest BCUT2D eigenvalue weighted by molar-refractivity contribution is -0.201. The second-order valence-corrected chi connectivity index (χ2v) is 9.57. The fourth-order valence-electron chi connectivity index (χ4n) is 3.62. The minimum Gasteiger partial charge on any atom is -0.385 e. The number of ether oxygens (including phenoxy) is 4. The third-order valence-corrected chi connectivity index (χ3v) is 6.43. The van der Waals surface area contributed by atoms with E-state index in [0.29, 0.717) is 25.0 Å². The highest BCUT2D eigenvalue weighted by atomic mass is 31.2. The Morgan fingerprint density at radius 3 is 2.68 bits per heavy atom. The molecule has 0 aliphatic carbocycles. The van der Waals surface area contributed by atoms with E-state index in [9.17, 15) is 9.36 Å². The predicted molar refractivity (Wildman–Crippen MR) is 108 cm³/mol. The molecular formula is C19H31N2O9P. The number of carbonyl (C=O) groups is 1. The zero-order valence-corrected chi connectivity index (χ0v) is 19.1. The Balaban J connectivity index is 1.68. The summed E-state index contributed by atoms with van der Waals surface area (Å²) in [5.41, 5.74) is 5.88. The number of hydrogen-bond acceptors (Lipinski definition) is 10. The van der Waals surface area contributed by atoms with E-state index < -0.39 is 44.1 Å². The Morgan fingerprint density at radius 2 is 2.00 bits per heavy atom. The van der Waals surface area contributed by atoms with Crippen molar-refractivity contribution >= 4 is 13.7 Å². The molecule has 2 fully saturated rings. The van der Waals surface area contributed by atoms with Gasteiger partial charge in [-0.2, -0.15) is 0 Å². The van der Waals surface area contributed by atoms with Crippen LogP contribution in [0.25, 0.3) is 0 Å². The van der Waals surface area contributed by atoms with Crippen molar-refractivity contribution in [3.8, 4) is 0 Å². The molecule has 3 aliphatic heterocycles. The van der Waals surface area contributed by atoms with Crippen LogP contribution in [0.15, 0.2) is 24.0 Å². The summed E-state index contributed by atoms with van der Waals surface area (Å²) in [5, 5.41) is 0. The molecule has 0 radical (unpaired) electrons. The maximum absolute atomic E-state index is 12.7. The molecule has 12 heteroatoms. The van der Waals surface area contributed by atoms with E-state index in [1.165, 1.54) is 7.11 Å². The molecule has 11 nitrogen and oxygen atoms in total. The van der Waals surface area contributed by atoms with Crippen molar-refractivity contribution in [2.24, 2.45) is 5.73 Å². The zero-order chi connectivity index (χ0) is 22.6. The van der Waals surface area contributed by atoms with E-state index in [0.717, 1.165) is 0 Å². The molecule has 3 rings (SSSR count). The van der Waals surface area contributed by atoms with Gasteiger partial charge in [-0.25, -0.2) is 4.57 Å². The number of phosphoric ester groups is 1. The van der Waals surface area contributed by atoms with Crippen LogP contribution >= 0.6 is 7.82 Å². The Bertz CT molecular complexity index is 757. The van der Waals surface area contributed by atoms with Crippen molar-refractivity contribution in [1.82, 2.24) is 4.90 Å². The van der Waals surface area contributed by atoms with Gasteiger partial charge in [0.05, 0.1) is 13.2 Å². The molecule has 1 amide bonds. The number of rotatable bonds is 11. The average Bonchev–Trinajstić information content (AvgIpc) is 3.23. The average molecular weight is 462 g/mol. The molecule has 176 valence electrons. The van der Waals surface area contributed by atoms with E-state index in [1.54, 1.807) is 38.3 Å². The third kappa shape index (κ3) is 5.94. The maximum Gasteiger partial charge on any atom is 0.474 e. The largest absolute Gasteiger partial charge is 0.474 e. The van der Waals surface area contributed by atoms with Crippen LogP contribution in [0, 0.1) is 0 Å². The number of methoxy groups -OCH3 is 1. The molecular weight excluding hydrogens is 431 g/mol. The van der Waals surface area contributed by atoms with Crippen molar-refractivity contribution in [2.45, 2.75) is 57.0 Å². The fourth-order valence-corrected chi connectivity index (χ4v) is 4.59. The molecule has 0 spiro atoms. The van der Waals surface area contributed by atoms with Gasteiger partial charge in [-0.15, -0.1) is 0 Å². The smallest absolute Gasteiger partial charge is 0.385 e. The van der Waals surface area contributed by atoms with Crippen LogP contribution in [0.2, 0.25) is 0 Å². The summed E-state index contributed by atoms with van der Waals surface area (Å²) < 4.78 is 51.6. The van der Waals surface area contributed by atoms with Gasteiger partial charge in [0, 0.05) is 38.8 Å². The molecule has 5 atom stereocenters. The second-order valence-electron chi connectivity index (χ2n) is 7.79. The van der Waals surface area contributed by atoms with Gasteiger partial charge in [-0.05, 0) is 26.7 Å². The Hall–Kier alpha value is -1.30. The first kappa shape index (κ1) is 24.3. The molecule has 31 heavy (non-hydrogen) atoms. The van der Waals surface area contributed by atoms with E-state index in [4.69, 9.17) is 38.3 Å². The van der Waals surface area contributed by atoms with Crippen LogP contribution in [0.5, 0.6) is 0 Å². The molecule has 0 saturated carbocycles. The van der Waals surface area contributed by atoms with Gasteiger partial charge in [0.2, 0.25) is 5.91 Å². The van der Waals surface area contributed by atoms with E-state index >= 15 is 0 Å². The van der Waals surface area contributed by atoms with Crippen molar-refractivity contribution in [3.05, 3.63) is 24.0 Å². The number of primary amides is 1. The molecule has 2 N–H and O–H groups in total. The number of carbonyl (C=O) groups excluding carboxylic acids is 1. The van der Waals surface area contributed by atoms with Crippen LogP contribution in [-0.2, 0) is 41.9 Å². The number of hydrogen-bond donors (Lipinski definition) is 1. The van der Waals surface area contributed by atoms with Crippen LogP contribution in [0.3, 0.4) is 0 Å². The first-order valence-corrected chi connectivity index (χ1v) is 11.5. The highest BCUT2D eigenvalue weighted by molar-refractivity contribution is 7.48.